The second kappa shape index (κ2) is 4.45. The van der Waals surface area contributed by atoms with Gasteiger partial charge >= 0.3 is 0 Å². The van der Waals surface area contributed by atoms with Gasteiger partial charge in [-0.05, 0) is 24.6 Å². The van der Waals surface area contributed by atoms with Crippen molar-refractivity contribution in [3.05, 3.63) is 22.7 Å². The van der Waals surface area contributed by atoms with Crippen molar-refractivity contribution in [3.8, 4) is 0 Å². The molecule has 0 spiro atoms. The van der Waals surface area contributed by atoms with E-state index in [1.807, 2.05) is 23.1 Å². The average Bonchev–Trinajstić information content (AvgIpc) is 2.26. The zero-order chi connectivity index (χ0) is 11.7. The van der Waals surface area contributed by atoms with Gasteiger partial charge in [-0.15, -0.1) is 0 Å². The number of anilines is 2. The maximum atomic E-state index is 11.7. The molecule has 1 aliphatic heterocycles. The number of fused-ring (bicyclic) bond motifs is 1. The first-order valence-electron chi connectivity index (χ1n) is 5.46. The third-order valence-corrected chi connectivity index (χ3v) is 3.42. The van der Waals surface area contributed by atoms with Crippen molar-refractivity contribution in [1.29, 1.82) is 0 Å². The van der Waals surface area contributed by atoms with Gasteiger partial charge in [0.15, 0.2) is 0 Å². The van der Waals surface area contributed by atoms with Crippen molar-refractivity contribution >= 4 is 33.2 Å². The lowest BCUT2D eigenvalue weighted by Gasteiger charge is -2.37. The summed E-state index contributed by atoms with van der Waals surface area (Å²) in [5.41, 5.74) is 2.00. The minimum atomic E-state index is 0.108. The maximum Gasteiger partial charge on any atom is 0.224 e. The van der Waals surface area contributed by atoms with E-state index < -0.39 is 0 Å². The monoisotopic (exact) mass is 282 g/mol. The summed E-state index contributed by atoms with van der Waals surface area (Å²) in [4.78, 5) is 13.6. The fourth-order valence-corrected chi connectivity index (χ4v) is 2.49. The summed E-state index contributed by atoms with van der Waals surface area (Å²) in [5, 5.41) is 3.37. The molecule has 0 bridgehead atoms. The first kappa shape index (κ1) is 11.5. The Labute approximate surface area is 104 Å². The zero-order valence-electron chi connectivity index (χ0n) is 9.46. The summed E-state index contributed by atoms with van der Waals surface area (Å²) in [5.74, 6) is 0.108. The van der Waals surface area contributed by atoms with Crippen LogP contribution in [0.25, 0.3) is 0 Å². The molecular weight excluding hydrogens is 268 g/mol. The molecule has 2 rings (SSSR count). The number of carbonyl (C=O) groups excluding carboxylic acids is 1. The molecule has 0 radical (unpaired) electrons. The summed E-state index contributed by atoms with van der Waals surface area (Å²) >= 11 is 3.44. The molecule has 1 aliphatic rings. The molecule has 3 nitrogen and oxygen atoms in total. The van der Waals surface area contributed by atoms with Gasteiger partial charge in [0, 0.05) is 17.9 Å². The Bertz CT molecular complexity index is 419. The fraction of sp³-hybridized carbons (Fsp3) is 0.417. The number of carbonyl (C=O) groups is 1. The van der Waals surface area contributed by atoms with E-state index in [1.165, 1.54) is 0 Å². The lowest BCUT2D eigenvalue weighted by atomic mass is 10.1. The topological polar surface area (TPSA) is 32.3 Å². The number of amides is 1. The van der Waals surface area contributed by atoms with Gasteiger partial charge in [0.1, 0.15) is 0 Å². The highest BCUT2D eigenvalue weighted by molar-refractivity contribution is 9.10. The van der Waals surface area contributed by atoms with Crippen LogP contribution in [0, 0.1) is 0 Å². The van der Waals surface area contributed by atoms with Crippen LogP contribution in [0.3, 0.4) is 0 Å². The molecule has 0 saturated carbocycles. The molecule has 0 aliphatic carbocycles. The number of rotatable bonds is 1. The van der Waals surface area contributed by atoms with Crippen LogP contribution in [0.1, 0.15) is 20.3 Å². The predicted molar refractivity (Wildman–Crippen MR) is 69.9 cm³/mol. The summed E-state index contributed by atoms with van der Waals surface area (Å²) in [6.45, 7) is 4.55. The van der Waals surface area contributed by atoms with Crippen molar-refractivity contribution in [2.24, 2.45) is 0 Å². The molecule has 16 heavy (non-hydrogen) atoms. The Balaban J connectivity index is 2.45. The number of nitrogens with zero attached hydrogens (tertiary/aromatic N) is 1. The Hall–Kier alpha value is -1.03. The van der Waals surface area contributed by atoms with Crippen molar-refractivity contribution in [3.63, 3.8) is 0 Å². The summed E-state index contributed by atoms with van der Waals surface area (Å²) in [6.07, 6.45) is 0.960. The van der Waals surface area contributed by atoms with Crippen molar-refractivity contribution in [2.75, 3.05) is 16.8 Å². The Morgan fingerprint density at radius 2 is 2.38 bits per heavy atom. The molecule has 86 valence electrons. The SMILES string of the molecule is CCC1CNc2cc(Br)ccc2N1C(C)=O. The van der Waals surface area contributed by atoms with E-state index in [4.69, 9.17) is 0 Å². The second-order valence-electron chi connectivity index (χ2n) is 3.99. The number of halogens is 1. The molecule has 1 atom stereocenters. The average molecular weight is 283 g/mol. The van der Waals surface area contributed by atoms with Crippen LogP contribution in [0.4, 0.5) is 11.4 Å². The first-order chi connectivity index (χ1) is 7.63. The highest BCUT2D eigenvalue weighted by Gasteiger charge is 2.27. The predicted octanol–water partition coefficient (Wildman–Crippen LogP) is 3.01. The highest BCUT2D eigenvalue weighted by Crippen LogP contribution is 2.34. The minimum absolute atomic E-state index is 0.108. The van der Waals surface area contributed by atoms with Gasteiger partial charge in [0.05, 0.1) is 17.4 Å². The summed E-state index contributed by atoms with van der Waals surface area (Å²) in [6, 6.07) is 6.22. The van der Waals surface area contributed by atoms with Gasteiger partial charge in [0.2, 0.25) is 5.91 Å². The second-order valence-corrected chi connectivity index (χ2v) is 4.91. The quantitative estimate of drug-likeness (QED) is 0.859. The van der Waals surface area contributed by atoms with E-state index in [1.54, 1.807) is 6.92 Å². The number of hydrogen-bond donors (Lipinski definition) is 1. The molecule has 1 amide bonds. The number of hydrogen-bond acceptors (Lipinski definition) is 2. The molecular formula is C12H15BrN2O. The van der Waals surface area contributed by atoms with E-state index in [0.29, 0.717) is 0 Å². The zero-order valence-corrected chi connectivity index (χ0v) is 11.0. The molecule has 1 aromatic rings. The smallest absolute Gasteiger partial charge is 0.224 e. The lowest BCUT2D eigenvalue weighted by molar-refractivity contribution is -0.117. The van der Waals surface area contributed by atoms with Crippen LogP contribution in [0.15, 0.2) is 22.7 Å². The Morgan fingerprint density at radius 1 is 1.62 bits per heavy atom. The van der Waals surface area contributed by atoms with Gasteiger partial charge in [-0.2, -0.15) is 0 Å². The van der Waals surface area contributed by atoms with Crippen LogP contribution in [0.5, 0.6) is 0 Å². The Morgan fingerprint density at radius 3 is 3.00 bits per heavy atom. The third kappa shape index (κ3) is 1.94. The van der Waals surface area contributed by atoms with Crippen LogP contribution in [-0.4, -0.2) is 18.5 Å². The molecule has 4 heteroatoms. The van der Waals surface area contributed by atoms with Gasteiger partial charge < -0.3 is 10.2 Å². The molecule has 0 aromatic heterocycles. The summed E-state index contributed by atoms with van der Waals surface area (Å²) in [7, 11) is 0. The Kier molecular flexibility index (Phi) is 3.19. The number of nitrogens with one attached hydrogen (secondary N) is 1. The van der Waals surface area contributed by atoms with E-state index in [0.717, 1.165) is 28.8 Å². The molecule has 0 saturated heterocycles. The van der Waals surface area contributed by atoms with Gasteiger partial charge in [0.25, 0.3) is 0 Å². The summed E-state index contributed by atoms with van der Waals surface area (Å²) < 4.78 is 1.03. The standard InChI is InChI=1S/C12H15BrN2O/c1-3-10-7-14-11-6-9(13)4-5-12(11)15(10)8(2)16/h4-6,10,14H,3,7H2,1-2H3. The maximum absolute atomic E-state index is 11.7. The van der Waals surface area contributed by atoms with Crippen LogP contribution >= 0.6 is 15.9 Å². The van der Waals surface area contributed by atoms with Crippen LogP contribution in [-0.2, 0) is 4.79 Å². The molecule has 1 N–H and O–H groups in total. The van der Waals surface area contributed by atoms with Crippen molar-refractivity contribution in [2.45, 2.75) is 26.3 Å². The molecule has 1 aromatic carbocycles. The van der Waals surface area contributed by atoms with E-state index in [9.17, 15) is 4.79 Å². The molecule has 1 unspecified atom stereocenters. The van der Waals surface area contributed by atoms with Crippen molar-refractivity contribution in [1.82, 2.24) is 0 Å². The minimum Gasteiger partial charge on any atom is -0.381 e. The van der Waals surface area contributed by atoms with E-state index >= 15 is 0 Å². The van der Waals surface area contributed by atoms with Gasteiger partial charge in [-0.1, -0.05) is 22.9 Å². The number of benzene rings is 1. The first-order valence-corrected chi connectivity index (χ1v) is 6.26. The highest BCUT2D eigenvalue weighted by atomic mass is 79.9. The van der Waals surface area contributed by atoms with E-state index in [-0.39, 0.29) is 11.9 Å². The van der Waals surface area contributed by atoms with Crippen LogP contribution in [0.2, 0.25) is 0 Å². The van der Waals surface area contributed by atoms with Gasteiger partial charge in [-0.25, -0.2) is 0 Å². The fourth-order valence-electron chi connectivity index (χ4n) is 2.13. The lowest BCUT2D eigenvalue weighted by Crippen LogP contribution is -2.46. The third-order valence-electron chi connectivity index (χ3n) is 2.92. The van der Waals surface area contributed by atoms with Crippen molar-refractivity contribution < 1.29 is 4.79 Å². The van der Waals surface area contributed by atoms with Crippen LogP contribution < -0.4 is 10.2 Å². The van der Waals surface area contributed by atoms with E-state index in [2.05, 4.69) is 28.2 Å². The molecule has 1 heterocycles. The van der Waals surface area contributed by atoms with Gasteiger partial charge in [-0.3, -0.25) is 4.79 Å². The largest absolute Gasteiger partial charge is 0.381 e. The molecule has 0 fully saturated rings. The normalized spacial score (nSPS) is 18.9.